The van der Waals surface area contributed by atoms with Gasteiger partial charge in [0, 0.05) is 6.04 Å². The van der Waals surface area contributed by atoms with Crippen LogP contribution < -0.4 is 11.2 Å². The van der Waals surface area contributed by atoms with E-state index in [4.69, 9.17) is 0 Å². The fourth-order valence-corrected chi connectivity index (χ4v) is 3.02. The van der Waals surface area contributed by atoms with Gasteiger partial charge in [-0.25, -0.2) is 4.79 Å². The Morgan fingerprint density at radius 3 is 2.42 bits per heavy atom. The first-order chi connectivity index (χ1) is 9.27. The van der Waals surface area contributed by atoms with Crippen molar-refractivity contribution in [1.82, 2.24) is 9.55 Å². The first kappa shape index (κ1) is 12.2. The third kappa shape index (κ3) is 2.23. The Bertz CT molecular complexity index is 691. The molecule has 0 amide bonds. The van der Waals surface area contributed by atoms with Gasteiger partial charge in [0.1, 0.15) is 0 Å². The lowest BCUT2D eigenvalue weighted by molar-refractivity contribution is 0.418. The average molecular weight is 258 g/mol. The highest BCUT2D eigenvalue weighted by Gasteiger charge is 2.18. The minimum atomic E-state index is -0.268. The summed E-state index contributed by atoms with van der Waals surface area (Å²) in [6, 6.07) is 7.27. The quantitative estimate of drug-likeness (QED) is 0.799. The monoisotopic (exact) mass is 258 g/mol. The summed E-state index contributed by atoms with van der Waals surface area (Å²) in [6.45, 7) is 0. The fraction of sp³-hybridized carbons (Fsp3) is 0.467. The second kappa shape index (κ2) is 5.03. The van der Waals surface area contributed by atoms with Gasteiger partial charge in [-0.2, -0.15) is 0 Å². The molecule has 4 heteroatoms. The Balaban J connectivity index is 2.17. The van der Waals surface area contributed by atoms with Crippen LogP contribution in [0.5, 0.6) is 0 Å². The number of H-pyrrole nitrogens is 1. The van der Waals surface area contributed by atoms with Gasteiger partial charge < -0.3 is 4.98 Å². The molecule has 0 radical (unpaired) electrons. The zero-order valence-electron chi connectivity index (χ0n) is 10.9. The Kier molecular flexibility index (Phi) is 3.23. The van der Waals surface area contributed by atoms with Crippen molar-refractivity contribution >= 4 is 10.9 Å². The van der Waals surface area contributed by atoms with E-state index in [9.17, 15) is 9.59 Å². The molecule has 100 valence electrons. The van der Waals surface area contributed by atoms with E-state index in [1.54, 1.807) is 12.1 Å². The van der Waals surface area contributed by atoms with Gasteiger partial charge in [-0.05, 0) is 25.0 Å². The van der Waals surface area contributed by atoms with Crippen LogP contribution in [0.2, 0.25) is 0 Å². The number of nitrogens with zero attached hydrogens (tertiary/aromatic N) is 1. The molecule has 0 saturated heterocycles. The minimum absolute atomic E-state index is 0.0587. The maximum atomic E-state index is 12.5. The first-order valence-corrected chi connectivity index (χ1v) is 7.01. The van der Waals surface area contributed by atoms with Crippen LogP contribution in [0.25, 0.3) is 10.9 Å². The third-order valence-electron chi connectivity index (χ3n) is 4.03. The highest BCUT2D eigenvalue weighted by Crippen LogP contribution is 2.25. The summed E-state index contributed by atoms with van der Waals surface area (Å²) in [6.07, 6.45) is 6.48. The first-order valence-electron chi connectivity index (χ1n) is 7.01. The van der Waals surface area contributed by atoms with Crippen molar-refractivity contribution in [3.63, 3.8) is 0 Å². The normalized spacial score (nSPS) is 17.5. The number of para-hydroxylation sites is 1. The Morgan fingerprint density at radius 2 is 1.68 bits per heavy atom. The summed E-state index contributed by atoms with van der Waals surface area (Å²) in [5.41, 5.74) is 0.212. The summed E-state index contributed by atoms with van der Waals surface area (Å²) in [7, 11) is 0. The molecule has 1 fully saturated rings. The van der Waals surface area contributed by atoms with E-state index < -0.39 is 0 Å². The van der Waals surface area contributed by atoms with Gasteiger partial charge in [-0.1, -0.05) is 37.8 Å². The second-order valence-corrected chi connectivity index (χ2v) is 5.30. The molecular weight excluding hydrogens is 240 g/mol. The average Bonchev–Trinajstić information content (AvgIpc) is 2.68. The van der Waals surface area contributed by atoms with Crippen LogP contribution in [0.15, 0.2) is 33.9 Å². The van der Waals surface area contributed by atoms with Crippen LogP contribution in [-0.2, 0) is 0 Å². The number of nitrogens with one attached hydrogen (secondary N) is 1. The van der Waals surface area contributed by atoms with Crippen LogP contribution in [0, 0.1) is 0 Å². The molecule has 1 aromatic heterocycles. The smallest absolute Gasteiger partial charge is 0.307 e. The molecule has 0 bridgehead atoms. The highest BCUT2D eigenvalue weighted by molar-refractivity contribution is 5.76. The number of aromatic nitrogens is 2. The maximum Gasteiger partial charge on any atom is 0.329 e. The SMILES string of the molecule is O=c1[nH]c2ccccc2c(=O)n1C1CCCCCC1. The highest BCUT2D eigenvalue weighted by atomic mass is 16.2. The zero-order chi connectivity index (χ0) is 13.2. The maximum absolute atomic E-state index is 12.5. The van der Waals surface area contributed by atoms with Crippen molar-refractivity contribution in [3.8, 4) is 0 Å². The van der Waals surface area contributed by atoms with E-state index >= 15 is 0 Å². The molecular formula is C15H18N2O2. The Labute approximate surface area is 111 Å². The largest absolute Gasteiger partial charge is 0.329 e. The predicted molar refractivity (Wildman–Crippen MR) is 75.6 cm³/mol. The summed E-state index contributed by atoms with van der Waals surface area (Å²) < 4.78 is 1.44. The second-order valence-electron chi connectivity index (χ2n) is 5.30. The van der Waals surface area contributed by atoms with Gasteiger partial charge in [0.2, 0.25) is 0 Å². The van der Waals surface area contributed by atoms with E-state index in [1.807, 2.05) is 12.1 Å². The third-order valence-corrected chi connectivity index (χ3v) is 4.03. The minimum Gasteiger partial charge on any atom is -0.307 e. The van der Waals surface area contributed by atoms with Gasteiger partial charge in [-0.15, -0.1) is 0 Å². The van der Waals surface area contributed by atoms with Crippen LogP contribution in [0.4, 0.5) is 0 Å². The zero-order valence-corrected chi connectivity index (χ0v) is 10.9. The summed E-state index contributed by atoms with van der Waals surface area (Å²) in [5.74, 6) is 0. The lowest BCUT2D eigenvalue weighted by Gasteiger charge is -2.16. The number of hydrogen-bond donors (Lipinski definition) is 1. The number of aromatic amines is 1. The molecule has 1 N–H and O–H groups in total. The van der Waals surface area contributed by atoms with Crippen LogP contribution >= 0.6 is 0 Å². The van der Waals surface area contributed by atoms with Crippen molar-refractivity contribution in [3.05, 3.63) is 45.1 Å². The standard InChI is InChI=1S/C15H18N2O2/c18-14-12-9-5-6-10-13(12)16-15(19)17(14)11-7-3-1-2-4-8-11/h5-6,9-11H,1-4,7-8H2,(H,16,19). The van der Waals surface area contributed by atoms with Crippen molar-refractivity contribution in [2.24, 2.45) is 0 Å². The number of fused-ring (bicyclic) bond motifs is 1. The van der Waals surface area contributed by atoms with Crippen molar-refractivity contribution in [2.75, 3.05) is 0 Å². The van der Waals surface area contributed by atoms with E-state index in [1.165, 1.54) is 17.4 Å². The van der Waals surface area contributed by atoms with Crippen LogP contribution in [0.3, 0.4) is 0 Å². The Hall–Kier alpha value is -1.84. The molecule has 1 aliphatic rings. The number of rotatable bonds is 1. The molecule has 1 saturated carbocycles. The number of hydrogen-bond acceptors (Lipinski definition) is 2. The molecule has 3 rings (SSSR count). The number of benzene rings is 1. The van der Waals surface area contributed by atoms with Crippen molar-refractivity contribution in [2.45, 2.75) is 44.6 Å². The molecule has 0 atom stereocenters. The van der Waals surface area contributed by atoms with E-state index in [2.05, 4.69) is 4.98 Å². The lowest BCUT2D eigenvalue weighted by atomic mass is 10.1. The van der Waals surface area contributed by atoms with Gasteiger partial charge in [0.05, 0.1) is 10.9 Å². The molecule has 4 nitrogen and oxygen atoms in total. The predicted octanol–water partition coefficient (Wildman–Crippen LogP) is 2.59. The summed E-state index contributed by atoms with van der Waals surface area (Å²) in [5, 5.41) is 0.603. The van der Waals surface area contributed by atoms with E-state index in [-0.39, 0.29) is 17.3 Å². The molecule has 1 aliphatic carbocycles. The van der Waals surface area contributed by atoms with Crippen LogP contribution in [0.1, 0.15) is 44.6 Å². The van der Waals surface area contributed by atoms with Gasteiger partial charge in [-0.3, -0.25) is 9.36 Å². The van der Waals surface area contributed by atoms with Gasteiger partial charge in [0.25, 0.3) is 5.56 Å². The van der Waals surface area contributed by atoms with E-state index in [0.717, 1.165) is 25.7 Å². The molecule has 1 aromatic carbocycles. The van der Waals surface area contributed by atoms with Crippen molar-refractivity contribution in [1.29, 1.82) is 0 Å². The molecule has 19 heavy (non-hydrogen) atoms. The summed E-state index contributed by atoms with van der Waals surface area (Å²) >= 11 is 0. The fourth-order valence-electron chi connectivity index (χ4n) is 3.02. The van der Waals surface area contributed by atoms with E-state index in [0.29, 0.717) is 10.9 Å². The topological polar surface area (TPSA) is 54.9 Å². The molecule has 0 unspecified atom stereocenters. The lowest BCUT2D eigenvalue weighted by Crippen LogP contribution is -2.38. The van der Waals surface area contributed by atoms with Gasteiger partial charge >= 0.3 is 5.69 Å². The Morgan fingerprint density at radius 1 is 1.00 bits per heavy atom. The molecule has 0 spiro atoms. The molecule has 0 aliphatic heterocycles. The summed E-state index contributed by atoms with van der Waals surface area (Å²) in [4.78, 5) is 27.5. The van der Waals surface area contributed by atoms with Crippen molar-refractivity contribution < 1.29 is 0 Å². The van der Waals surface area contributed by atoms with Gasteiger partial charge in [0.15, 0.2) is 0 Å². The molecule has 2 aromatic rings. The molecule has 1 heterocycles. The van der Waals surface area contributed by atoms with Crippen LogP contribution in [-0.4, -0.2) is 9.55 Å².